The highest BCUT2D eigenvalue weighted by Crippen LogP contribution is 2.11. The first kappa shape index (κ1) is 14.2. The summed E-state index contributed by atoms with van der Waals surface area (Å²) in [6.07, 6.45) is 3.26. The third kappa shape index (κ3) is 3.88. The molecule has 20 heavy (non-hydrogen) atoms. The minimum Gasteiger partial charge on any atom is -0.384 e. The maximum absolute atomic E-state index is 11.9. The largest absolute Gasteiger partial charge is 0.384 e. The number of nitrogens with one attached hydrogen (secondary N) is 1. The Morgan fingerprint density at radius 2 is 2.25 bits per heavy atom. The van der Waals surface area contributed by atoms with Crippen molar-refractivity contribution in [2.75, 3.05) is 6.61 Å². The molecule has 0 aromatic carbocycles. The second-order valence-electron chi connectivity index (χ2n) is 3.92. The maximum Gasteiger partial charge on any atom is 0.270 e. The molecule has 1 amide bonds. The van der Waals surface area contributed by atoms with Crippen molar-refractivity contribution in [2.24, 2.45) is 0 Å². The van der Waals surface area contributed by atoms with Gasteiger partial charge < -0.3 is 10.4 Å². The molecule has 2 aromatic heterocycles. The van der Waals surface area contributed by atoms with Gasteiger partial charge in [-0.15, -0.1) is 11.3 Å². The zero-order valence-corrected chi connectivity index (χ0v) is 11.7. The van der Waals surface area contributed by atoms with Crippen molar-refractivity contribution in [3.05, 3.63) is 45.7 Å². The highest BCUT2D eigenvalue weighted by molar-refractivity contribution is 7.11. The van der Waals surface area contributed by atoms with E-state index in [1.165, 1.54) is 6.20 Å². The Balaban J connectivity index is 1.95. The predicted molar refractivity (Wildman–Crippen MR) is 76.2 cm³/mol. The third-order valence-electron chi connectivity index (χ3n) is 2.40. The topological polar surface area (TPSA) is 75.1 Å². The van der Waals surface area contributed by atoms with Gasteiger partial charge in [0.1, 0.15) is 12.3 Å². The Bertz CT molecular complexity index is 653. The van der Waals surface area contributed by atoms with Crippen LogP contribution in [0.2, 0.25) is 0 Å². The highest BCUT2D eigenvalue weighted by Gasteiger charge is 2.07. The van der Waals surface area contributed by atoms with E-state index in [2.05, 4.69) is 27.1 Å². The SMILES string of the molecule is Cc1ncc(CNC(=O)c2ccc(C#CCO)cn2)s1. The summed E-state index contributed by atoms with van der Waals surface area (Å²) >= 11 is 1.55. The fourth-order valence-electron chi connectivity index (χ4n) is 1.49. The van der Waals surface area contributed by atoms with Gasteiger partial charge in [-0.1, -0.05) is 11.8 Å². The predicted octanol–water partition coefficient (Wildman–Crippen LogP) is 1.12. The first-order valence-corrected chi connectivity index (χ1v) is 6.76. The van der Waals surface area contributed by atoms with Crippen molar-refractivity contribution in [2.45, 2.75) is 13.5 Å². The van der Waals surface area contributed by atoms with Crippen molar-refractivity contribution in [1.82, 2.24) is 15.3 Å². The van der Waals surface area contributed by atoms with Gasteiger partial charge in [0.2, 0.25) is 0 Å². The molecular weight excluding hydrogens is 274 g/mol. The van der Waals surface area contributed by atoms with Crippen LogP contribution in [0.25, 0.3) is 0 Å². The summed E-state index contributed by atoms with van der Waals surface area (Å²) in [7, 11) is 0. The summed E-state index contributed by atoms with van der Waals surface area (Å²) in [4.78, 5) is 21.0. The second-order valence-corrected chi connectivity index (χ2v) is 5.24. The molecule has 0 saturated heterocycles. The van der Waals surface area contributed by atoms with Crippen LogP contribution in [-0.2, 0) is 6.54 Å². The van der Waals surface area contributed by atoms with Gasteiger partial charge in [0, 0.05) is 22.8 Å². The Morgan fingerprint density at radius 1 is 1.40 bits per heavy atom. The van der Waals surface area contributed by atoms with Crippen LogP contribution in [0.3, 0.4) is 0 Å². The van der Waals surface area contributed by atoms with E-state index in [1.54, 1.807) is 29.7 Å². The number of rotatable bonds is 3. The number of nitrogens with zero attached hydrogens (tertiary/aromatic N) is 2. The van der Waals surface area contributed by atoms with Crippen LogP contribution < -0.4 is 5.32 Å². The molecule has 0 aliphatic rings. The molecule has 6 heteroatoms. The van der Waals surface area contributed by atoms with Crippen molar-refractivity contribution in [3.63, 3.8) is 0 Å². The number of aryl methyl sites for hydroxylation is 1. The van der Waals surface area contributed by atoms with Crippen LogP contribution in [0, 0.1) is 18.8 Å². The molecule has 102 valence electrons. The zero-order chi connectivity index (χ0) is 14.4. The summed E-state index contributed by atoms with van der Waals surface area (Å²) in [5, 5.41) is 12.3. The van der Waals surface area contributed by atoms with Crippen LogP contribution in [0.1, 0.15) is 25.9 Å². The van der Waals surface area contributed by atoms with Crippen molar-refractivity contribution in [1.29, 1.82) is 0 Å². The molecule has 0 atom stereocenters. The lowest BCUT2D eigenvalue weighted by Crippen LogP contribution is -2.23. The Morgan fingerprint density at radius 3 is 2.85 bits per heavy atom. The summed E-state index contributed by atoms with van der Waals surface area (Å²) in [5.74, 6) is 5.00. The molecular formula is C14H13N3O2S. The number of hydrogen-bond acceptors (Lipinski definition) is 5. The van der Waals surface area contributed by atoms with E-state index >= 15 is 0 Å². The Kier molecular flexibility index (Phi) is 4.82. The molecule has 2 heterocycles. The molecule has 0 radical (unpaired) electrons. The van der Waals surface area contributed by atoms with Gasteiger partial charge in [-0.3, -0.25) is 4.79 Å². The maximum atomic E-state index is 11.9. The number of hydrogen-bond donors (Lipinski definition) is 2. The van der Waals surface area contributed by atoms with E-state index in [9.17, 15) is 4.79 Å². The molecule has 0 spiro atoms. The van der Waals surface area contributed by atoms with Gasteiger partial charge in [-0.2, -0.15) is 0 Å². The average Bonchev–Trinajstić information content (AvgIpc) is 2.89. The summed E-state index contributed by atoms with van der Waals surface area (Å²) in [6.45, 7) is 2.16. The van der Waals surface area contributed by atoms with E-state index in [4.69, 9.17) is 5.11 Å². The molecule has 2 aromatic rings. The van der Waals surface area contributed by atoms with Crippen LogP contribution >= 0.6 is 11.3 Å². The van der Waals surface area contributed by atoms with Gasteiger partial charge in [-0.25, -0.2) is 9.97 Å². The second kappa shape index (κ2) is 6.80. The summed E-state index contributed by atoms with van der Waals surface area (Å²) in [5.41, 5.74) is 0.995. The van der Waals surface area contributed by atoms with Crippen LogP contribution in [-0.4, -0.2) is 27.6 Å². The summed E-state index contributed by atoms with van der Waals surface area (Å²) in [6, 6.07) is 3.30. The van der Waals surface area contributed by atoms with E-state index in [0.717, 1.165) is 9.88 Å². The number of aliphatic hydroxyl groups is 1. The van der Waals surface area contributed by atoms with E-state index in [-0.39, 0.29) is 12.5 Å². The first-order chi connectivity index (χ1) is 9.69. The lowest BCUT2D eigenvalue weighted by atomic mass is 10.2. The molecule has 0 bridgehead atoms. The lowest BCUT2D eigenvalue weighted by Gasteiger charge is -2.02. The molecule has 2 N–H and O–H groups in total. The van der Waals surface area contributed by atoms with Crippen molar-refractivity contribution in [3.8, 4) is 11.8 Å². The standard InChI is InChI=1S/C14H13N3O2S/c1-10-15-8-12(20-10)9-17-14(19)13-5-4-11(7-16-13)3-2-6-18/h4-5,7-8,18H,6,9H2,1H3,(H,17,19). The van der Waals surface area contributed by atoms with Crippen LogP contribution in [0.15, 0.2) is 24.5 Å². The molecule has 0 saturated carbocycles. The van der Waals surface area contributed by atoms with Gasteiger partial charge in [-0.05, 0) is 19.1 Å². The number of thiazole rings is 1. The highest BCUT2D eigenvalue weighted by atomic mass is 32.1. The number of carbonyl (C=O) groups excluding carboxylic acids is 1. The van der Waals surface area contributed by atoms with Crippen LogP contribution in [0.4, 0.5) is 0 Å². The fourth-order valence-corrected chi connectivity index (χ4v) is 2.22. The molecule has 5 nitrogen and oxygen atoms in total. The quantitative estimate of drug-likeness (QED) is 0.830. The number of amides is 1. The number of aliphatic hydroxyl groups excluding tert-OH is 1. The first-order valence-electron chi connectivity index (χ1n) is 5.94. The van der Waals surface area contributed by atoms with Crippen molar-refractivity contribution < 1.29 is 9.90 Å². The number of aromatic nitrogens is 2. The minimum atomic E-state index is -0.238. The molecule has 0 aliphatic heterocycles. The fraction of sp³-hybridized carbons (Fsp3) is 0.214. The number of pyridine rings is 1. The third-order valence-corrected chi connectivity index (χ3v) is 3.31. The Hall–Kier alpha value is -2.23. The van der Waals surface area contributed by atoms with E-state index in [1.807, 2.05) is 6.92 Å². The number of carbonyl (C=O) groups is 1. The van der Waals surface area contributed by atoms with Gasteiger partial charge in [0.25, 0.3) is 5.91 Å². The van der Waals surface area contributed by atoms with E-state index < -0.39 is 0 Å². The zero-order valence-electron chi connectivity index (χ0n) is 10.9. The van der Waals surface area contributed by atoms with Gasteiger partial charge in [0.15, 0.2) is 0 Å². The van der Waals surface area contributed by atoms with Crippen molar-refractivity contribution >= 4 is 17.2 Å². The van der Waals surface area contributed by atoms with Gasteiger partial charge in [0.05, 0.1) is 11.6 Å². The minimum absolute atomic E-state index is 0.198. The monoisotopic (exact) mass is 287 g/mol. The lowest BCUT2D eigenvalue weighted by molar-refractivity contribution is 0.0946. The van der Waals surface area contributed by atoms with Crippen LogP contribution in [0.5, 0.6) is 0 Å². The molecule has 2 rings (SSSR count). The molecule has 0 fully saturated rings. The molecule has 0 aliphatic carbocycles. The normalized spacial score (nSPS) is 9.70. The van der Waals surface area contributed by atoms with E-state index in [0.29, 0.717) is 17.8 Å². The molecule has 0 unspecified atom stereocenters. The Labute approximate surface area is 120 Å². The summed E-state index contributed by atoms with van der Waals surface area (Å²) < 4.78 is 0. The average molecular weight is 287 g/mol. The van der Waals surface area contributed by atoms with Gasteiger partial charge >= 0.3 is 0 Å². The smallest absolute Gasteiger partial charge is 0.270 e.